The average molecular weight is 256 g/mol. The van der Waals surface area contributed by atoms with Crippen molar-refractivity contribution in [3.05, 3.63) is 63.6 Å². The molecule has 4 nitrogen and oxygen atoms in total. The van der Waals surface area contributed by atoms with E-state index in [4.69, 9.17) is 0 Å². The van der Waals surface area contributed by atoms with E-state index in [1.54, 1.807) is 6.07 Å². The van der Waals surface area contributed by atoms with Crippen LogP contribution in [0.15, 0.2) is 41.2 Å². The number of amides is 1. The quantitative estimate of drug-likeness (QED) is 0.884. The van der Waals surface area contributed by atoms with Crippen LogP contribution in [0.3, 0.4) is 0 Å². The minimum absolute atomic E-state index is 0.148. The van der Waals surface area contributed by atoms with E-state index in [1.807, 2.05) is 38.1 Å². The Labute approximate surface area is 111 Å². The Bertz CT molecular complexity index is 642. The molecule has 0 radical (unpaired) electrons. The monoisotopic (exact) mass is 256 g/mol. The van der Waals surface area contributed by atoms with Crippen LogP contribution >= 0.6 is 0 Å². The predicted octanol–water partition coefficient (Wildman–Crippen LogP) is 2.17. The Morgan fingerprint density at radius 1 is 1.11 bits per heavy atom. The van der Waals surface area contributed by atoms with Gasteiger partial charge in [-0.1, -0.05) is 17.7 Å². The van der Waals surface area contributed by atoms with Crippen LogP contribution in [0, 0.1) is 13.8 Å². The molecule has 0 bridgehead atoms. The van der Waals surface area contributed by atoms with E-state index < -0.39 is 0 Å². The van der Waals surface area contributed by atoms with Gasteiger partial charge in [0.05, 0.1) is 6.42 Å². The molecule has 0 aliphatic carbocycles. The van der Waals surface area contributed by atoms with Crippen molar-refractivity contribution in [2.75, 3.05) is 5.32 Å². The lowest BCUT2D eigenvalue weighted by Crippen LogP contribution is -2.18. The maximum Gasteiger partial charge on any atom is 0.248 e. The lowest BCUT2D eigenvalue weighted by atomic mass is 10.2. The number of H-pyrrole nitrogens is 1. The summed E-state index contributed by atoms with van der Waals surface area (Å²) in [5, 5.41) is 2.80. The van der Waals surface area contributed by atoms with Crippen LogP contribution in [0.5, 0.6) is 0 Å². The summed E-state index contributed by atoms with van der Waals surface area (Å²) < 4.78 is 0. The summed E-state index contributed by atoms with van der Waals surface area (Å²) in [6, 6.07) is 10.9. The number of rotatable bonds is 3. The Morgan fingerprint density at radius 3 is 2.42 bits per heavy atom. The van der Waals surface area contributed by atoms with E-state index in [9.17, 15) is 9.59 Å². The molecule has 0 unspecified atom stereocenters. The molecule has 0 saturated heterocycles. The van der Waals surface area contributed by atoms with Gasteiger partial charge in [-0.2, -0.15) is 0 Å². The molecule has 1 aromatic heterocycles. The van der Waals surface area contributed by atoms with Gasteiger partial charge >= 0.3 is 0 Å². The summed E-state index contributed by atoms with van der Waals surface area (Å²) in [5.74, 6) is -0.148. The van der Waals surface area contributed by atoms with Gasteiger partial charge in [0.2, 0.25) is 11.5 Å². The van der Waals surface area contributed by atoms with Gasteiger partial charge < -0.3 is 10.3 Å². The molecule has 0 spiro atoms. The minimum atomic E-state index is -0.182. The largest absolute Gasteiger partial charge is 0.326 e. The second-order valence-corrected chi connectivity index (χ2v) is 4.64. The van der Waals surface area contributed by atoms with Crippen LogP contribution < -0.4 is 10.9 Å². The molecule has 19 heavy (non-hydrogen) atoms. The normalized spacial score (nSPS) is 10.2. The molecule has 0 fully saturated rings. The number of nitrogens with one attached hydrogen (secondary N) is 2. The zero-order chi connectivity index (χ0) is 13.8. The van der Waals surface area contributed by atoms with E-state index in [0.29, 0.717) is 5.69 Å². The van der Waals surface area contributed by atoms with Crippen LogP contribution in [0.4, 0.5) is 5.69 Å². The van der Waals surface area contributed by atoms with Crippen molar-refractivity contribution in [2.24, 2.45) is 0 Å². The van der Waals surface area contributed by atoms with E-state index in [-0.39, 0.29) is 17.9 Å². The molecule has 1 heterocycles. The lowest BCUT2D eigenvalue weighted by Gasteiger charge is -2.06. The summed E-state index contributed by atoms with van der Waals surface area (Å²) >= 11 is 0. The van der Waals surface area contributed by atoms with Gasteiger partial charge in [0, 0.05) is 17.4 Å². The molecule has 0 saturated carbocycles. The highest BCUT2D eigenvalue weighted by atomic mass is 16.1. The van der Waals surface area contributed by atoms with Crippen molar-refractivity contribution in [1.29, 1.82) is 0 Å². The first-order chi connectivity index (χ1) is 9.02. The summed E-state index contributed by atoms with van der Waals surface area (Å²) in [6.45, 7) is 3.82. The van der Waals surface area contributed by atoms with Crippen LogP contribution in [0.1, 0.15) is 16.8 Å². The molecular weight excluding hydrogens is 240 g/mol. The smallest absolute Gasteiger partial charge is 0.248 e. The van der Waals surface area contributed by atoms with Crippen LogP contribution in [-0.2, 0) is 11.2 Å². The van der Waals surface area contributed by atoms with E-state index in [1.165, 1.54) is 6.07 Å². The number of aryl methyl sites for hydroxylation is 2. The molecule has 2 N–H and O–H groups in total. The molecule has 4 heteroatoms. The van der Waals surface area contributed by atoms with Gasteiger partial charge in [0.25, 0.3) is 0 Å². The Kier molecular flexibility index (Phi) is 3.80. The van der Waals surface area contributed by atoms with E-state index >= 15 is 0 Å². The average Bonchev–Trinajstić information content (AvgIpc) is 2.30. The molecule has 1 aromatic carbocycles. The SMILES string of the molecule is Cc1ccc(NC(=O)Cc2cc(C)cc(=O)[nH]2)cc1. The van der Waals surface area contributed by atoms with Crippen molar-refractivity contribution >= 4 is 11.6 Å². The van der Waals surface area contributed by atoms with Gasteiger partial charge in [-0.25, -0.2) is 0 Å². The molecule has 0 atom stereocenters. The highest BCUT2D eigenvalue weighted by Gasteiger charge is 2.05. The third-order valence-corrected chi connectivity index (χ3v) is 2.73. The van der Waals surface area contributed by atoms with Crippen molar-refractivity contribution < 1.29 is 4.79 Å². The van der Waals surface area contributed by atoms with Crippen molar-refractivity contribution in [2.45, 2.75) is 20.3 Å². The first-order valence-corrected chi connectivity index (χ1v) is 6.09. The number of pyridine rings is 1. The van der Waals surface area contributed by atoms with Crippen LogP contribution in [0.25, 0.3) is 0 Å². The van der Waals surface area contributed by atoms with Gasteiger partial charge in [0.15, 0.2) is 0 Å². The van der Waals surface area contributed by atoms with Crippen LogP contribution in [0.2, 0.25) is 0 Å². The van der Waals surface area contributed by atoms with Gasteiger partial charge in [-0.05, 0) is 37.6 Å². The Morgan fingerprint density at radius 2 is 1.79 bits per heavy atom. The van der Waals surface area contributed by atoms with Gasteiger partial charge in [-0.15, -0.1) is 0 Å². The number of benzene rings is 1. The molecule has 2 aromatic rings. The second-order valence-electron chi connectivity index (χ2n) is 4.64. The first kappa shape index (κ1) is 13.1. The minimum Gasteiger partial charge on any atom is -0.326 e. The number of anilines is 1. The number of hydrogen-bond acceptors (Lipinski definition) is 2. The number of carbonyl (C=O) groups excluding carboxylic acids is 1. The maximum absolute atomic E-state index is 11.9. The zero-order valence-electron chi connectivity index (χ0n) is 11.0. The van der Waals surface area contributed by atoms with Crippen molar-refractivity contribution in [3.8, 4) is 0 Å². The highest BCUT2D eigenvalue weighted by molar-refractivity contribution is 5.92. The maximum atomic E-state index is 11.9. The fraction of sp³-hybridized carbons (Fsp3) is 0.200. The number of carbonyl (C=O) groups is 1. The topological polar surface area (TPSA) is 62.0 Å². The number of hydrogen-bond donors (Lipinski definition) is 2. The number of aromatic nitrogens is 1. The number of aromatic amines is 1. The predicted molar refractivity (Wildman–Crippen MR) is 75.3 cm³/mol. The highest BCUT2D eigenvalue weighted by Crippen LogP contribution is 2.09. The molecule has 0 aliphatic heterocycles. The van der Waals surface area contributed by atoms with Gasteiger partial charge in [-0.3, -0.25) is 9.59 Å². The van der Waals surface area contributed by atoms with E-state index in [2.05, 4.69) is 10.3 Å². The molecular formula is C15H16N2O2. The lowest BCUT2D eigenvalue weighted by molar-refractivity contribution is -0.115. The molecule has 2 rings (SSSR count). The summed E-state index contributed by atoms with van der Waals surface area (Å²) in [5.41, 5.74) is 3.18. The first-order valence-electron chi connectivity index (χ1n) is 6.09. The summed E-state index contributed by atoms with van der Waals surface area (Å²) in [6.07, 6.45) is 0.158. The standard InChI is InChI=1S/C15H16N2O2/c1-10-3-5-12(6-4-10)16-15(19)9-13-7-11(2)8-14(18)17-13/h3-8H,9H2,1-2H3,(H,16,19)(H,17,18). The zero-order valence-corrected chi connectivity index (χ0v) is 11.0. The fourth-order valence-corrected chi connectivity index (χ4v) is 1.86. The van der Waals surface area contributed by atoms with E-state index in [0.717, 1.165) is 16.8 Å². The molecule has 98 valence electrons. The van der Waals surface area contributed by atoms with Crippen molar-refractivity contribution in [1.82, 2.24) is 4.98 Å². The summed E-state index contributed by atoms with van der Waals surface area (Å²) in [7, 11) is 0. The molecule has 1 amide bonds. The second kappa shape index (κ2) is 5.52. The Hall–Kier alpha value is -2.36. The third kappa shape index (κ3) is 3.81. The fourth-order valence-electron chi connectivity index (χ4n) is 1.86. The van der Waals surface area contributed by atoms with Gasteiger partial charge in [0.1, 0.15) is 0 Å². The summed E-state index contributed by atoms with van der Waals surface area (Å²) in [4.78, 5) is 25.8. The third-order valence-electron chi connectivity index (χ3n) is 2.73. The van der Waals surface area contributed by atoms with Crippen LogP contribution in [-0.4, -0.2) is 10.9 Å². The van der Waals surface area contributed by atoms with Crippen molar-refractivity contribution in [3.63, 3.8) is 0 Å². The molecule has 0 aliphatic rings. The Balaban J connectivity index is 2.05.